The van der Waals surface area contributed by atoms with Crippen molar-refractivity contribution in [1.29, 1.82) is 0 Å². The fourth-order valence-corrected chi connectivity index (χ4v) is 2.65. The first-order valence-electron chi connectivity index (χ1n) is 8.10. The van der Waals surface area contributed by atoms with E-state index in [9.17, 15) is 14.3 Å². The lowest BCUT2D eigenvalue weighted by molar-refractivity contribution is -0.117. The molecule has 0 aliphatic rings. The molecule has 3 rings (SSSR count). The zero-order valence-electron chi connectivity index (χ0n) is 14.0. The molecule has 26 heavy (non-hydrogen) atoms. The number of hydrogen-bond donors (Lipinski definition) is 3. The van der Waals surface area contributed by atoms with E-state index in [4.69, 9.17) is 10.5 Å². The van der Waals surface area contributed by atoms with Gasteiger partial charge in [-0.25, -0.2) is 9.37 Å². The third-order valence-corrected chi connectivity index (χ3v) is 3.77. The number of imidazole rings is 1. The van der Waals surface area contributed by atoms with Gasteiger partial charge in [0.1, 0.15) is 11.6 Å². The van der Waals surface area contributed by atoms with Crippen molar-refractivity contribution in [1.82, 2.24) is 14.9 Å². The predicted octanol–water partition coefficient (Wildman–Crippen LogP) is 1.53. The quantitative estimate of drug-likeness (QED) is 0.567. The zero-order chi connectivity index (χ0) is 18.5. The number of fused-ring (bicyclic) bond motifs is 1. The average molecular weight is 358 g/mol. The molecule has 8 heteroatoms. The van der Waals surface area contributed by atoms with E-state index >= 15 is 0 Å². The van der Waals surface area contributed by atoms with Gasteiger partial charge in [0.2, 0.25) is 5.91 Å². The number of carbonyl (C=O) groups is 1. The van der Waals surface area contributed by atoms with Crippen LogP contribution in [0.2, 0.25) is 0 Å². The minimum Gasteiger partial charge on any atom is -0.454 e. The smallest absolute Gasteiger partial charge is 0.231 e. The minimum absolute atomic E-state index is 0.0317. The number of aliphatic hydroxyl groups is 1. The number of para-hydroxylation sites is 1. The van der Waals surface area contributed by atoms with Gasteiger partial charge in [0.25, 0.3) is 0 Å². The van der Waals surface area contributed by atoms with Crippen LogP contribution in [0.5, 0.6) is 11.5 Å². The fourth-order valence-electron chi connectivity index (χ4n) is 2.65. The number of aliphatic hydroxyl groups excluding tert-OH is 1. The SMILES string of the molecule is NC(=O)CNCc1nc2ccc(Oc3ccccc3F)cc2n1CCO. The van der Waals surface area contributed by atoms with E-state index < -0.39 is 11.7 Å². The zero-order valence-corrected chi connectivity index (χ0v) is 14.0. The van der Waals surface area contributed by atoms with Crippen LogP contribution in [0.3, 0.4) is 0 Å². The van der Waals surface area contributed by atoms with Crippen molar-refractivity contribution < 1.29 is 19.0 Å². The maximum atomic E-state index is 13.8. The van der Waals surface area contributed by atoms with E-state index in [1.807, 2.05) is 4.57 Å². The summed E-state index contributed by atoms with van der Waals surface area (Å²) in [5.41, 5.74) is 6.56. The Labute approximate surface area is 149 Å². The summed E-state index contributed by atoms with van der Waals surface area (Å²) < 4.78 is 21.2. The summed E-state index contributed by atoms with van der Waals surface area (Å²) in [5.74, 6) is 0.322. The number of primary amides is 1. The second kappa shape index (κ2) is 7.94. The number of amides is 1. The molecule has 1 heterocycles. The number of rotatable bonds is 8. The maximum absolute atomic E-state index is 13.8. The number of halogens is 1. The summed E-state index contributed by atoms with van der Waals surface area (Å²) >= 11 is 0. The van der Waals surface area contributed by atoms with Gasteiger partial charge < -0.3 is 25.5 Å². The topological polar surface area (TPSA) is 102 Å². The molecule has 0 unspecified atom stereocenters. The van der Waals surface area contributed by atoms with Crippen molar-refractivity contribution in [3.8, 4) is 11.5 Å². The molecule has 136 valence electrons. The third-order valence-electron chi connectivity index (χ3n) is 3.77. The second-order valence-corrected chi connectivity index (χ2v) is 5.66. The molecule has 0 saturated carbocycles. The van der Waals surface area contributed by atoms with Crippen LogP contribution in [-0.2, 0) is 17.9 Å². The molecule has 0 aliphatic carbocycles. The van der Waals surface area contributed by atoms with E-state index in [2.05, 4.69) is 10.3 Å². The van der Waals surface area contributed by atoms with Crippen molar-refractivity contribution in [2.45, 2.75) is 13.1 Å². The lowest BCUT2D eigenvalue weighted by Crippen LogP contribution is -2.29. The van der Waals surface area contributed by atoms with Gasteiger partial charge in [-0.2, -0.15) is 0 Å². The Kier molecular flexibility index (Phi) is 5.45. The van der Waals surface area contributed by atoms with E-state index in [0.29, 0.717) is 30.2 Å². The molecule has 4 N–H and O–H groups in total. The van der Waals surface area contributed by atoms with Crippen LogP contribution < -0.4 is 15.8 Å². The molecule has 1 aromatic heterocycles. The molecular weight excluding hydrogens is 339 g/mol. The van der Waals surface area contributed by atoms with Crippen LogP contribution in [0, 0.1) is 5.82 Å². The van der Waals surface area contributed by atoms with Gasteiger partial charge in [0, 0.05) is 12.6 Å². The summed E-state index contributed by atoms with van der Waals surface area (Å²) in [6.45, 7) is 0.602. The highest BCUT2D eigenvalue weighted by Gasteiger charge is 2.12. The number of ether oxygens (including phenoxy) is 1. The Morgan fingerprint density at radius 1 is 1.31 bits per heavy atom. The number of hydrogen-bond acceptors (Lipinski definition) is 5. The first kappa shape index (κ1) is 17.8. The maximum Gasteiger partial charge on any atom is 0.231 e. The van der Waals surface area contributed by atoms with E-state index in [-0.39, 0.29) is 18.9 Å². The van der Waals surface area contributed by atoms with Crippen LogP contribution in [0.25, 0.3) is 11.0 Å². The van der Waals surface area contributed by atoms with Crippen molar-refractivity contribution >= 4 is 16.9 Å². The summed E-state index contributed by atoms with van der Waals surface area (Å²) in [6, 6.07) is 11.4. The molecule has 0 saturated heterocycles. The number of nitrogens with one attached hydrogen (secondary N) is 1. The Bertz CT molecular complexity index is 926. The van der Waals surface area contributed by atoms with Crippen LogP contribution in [0.4, 0.5) is 4.39 Å². The standard InChI is InChI=1S/C18H19FN4O3/c19-13-3-1-2-4-16(13)26-12-5-6-14-15(9-12)23(7-8-24)18(22-14)11-21-10-17(20)25/h1-6,9,21,24H,7-8,10-11H2,(H2,20,25). The molecule has 2 aromatic carbocycles. The van der Waals surface area contributed by atoms with Crippen LogP contribution in [-0.4, -0.2) is 33.7 Å². The number of carbonyl (C=O) groups excluding carboxylic acids is 1. The average Bonchev–Trinajstić information content (AvgIpc) is 2.94. The van der Waals surface area contributed by atoms with Gasteiger partial charge >= 0.3 is 0 Å². The molecule has 0 fully saturated rings. The van der Waals surface area contributed by atoms with Gasteiger partial charge in [-0.3, -0.25) is 4.79 Å². The molecule has 7 nitrogen and oxygen atoms in total. The molecule has 1 amide bonds. The highest BCUT2D eigenvalue weighted by molar-refractivity contribution is 5.78. The number of nitrogens with two attached hydrogens (primary N) is 1. The van der Waals surface area contributed by atoms with Gasteiger partial charge in [-0.15, -0.1) is 0 Å². The Balaban J connectivity index is 1.90. The lowest BCUT2D eigenvalue weighted by atomic mass is 10.3. The van der Waals surface area contributed by atoms with Crippen LogP contribution >= 0.6 is 0 Å². The third kappa shape index (κ3) is 3.98. The molecule has 3 aromatic rings. The molecule has 0 spiro atoms. The predicted molar refractivity (Wildman–Crippen MR) is 94.2 cm³/mol. The van der Waals surface area contributed by atoms with E-state index in [0.717, 1.165) is 5.52 Å². The Hall–Kier alpha value is -2.97. The van der Waals surface area contributed by atoms with E-state index in [1.165, 1.54) is 6.07 Å². The molecule has 0 radical (unpaired) electrons. The molecular formula is C18H19FN4O3. The Morgan fingerprint density at radius 3 is 2.85 bits per heavy atom. The molecule has 0 bridgehead atoms. The number of benzene rings is 2. The summed E-state index contributed by atoms with van der Waals surface area (Å²) in [7, 11) is 0. The van der Waals surface area contributed by atoms with Gasteiger partial charge in [-0.1, -0.05) is 12.1 Å². The summed E-state index contributed by atoms with van der Waals surface area (Å²) in [6.07, 6.45) is 0. The second-order valence-electron chi connectivity index (χ2n) is 5.66. The van der Waals surface area contributed by atoms with Crippen LogP contribution in [0.1, 0.15) is 5.82 Å². The summed E-state index contributed by atoms with van der Waals surface area (Å²) in [4.78, 5) is 15.4. The fraction of sp³-hybridized carbons (Fsp3) is 0.222. The largest absolute Gasteiger partial charge is 0.454 e. The van der Waals surface area contributed by atoms with Crippen LogP contribution in [0.15, 0.2) is 42.5 Å². The first-order valence-corrected chi connectivity index (χ1v) is 8.10. The van der Waals surface area contributed by atoms with E-state index in [1.54, 1.807) is 36.4 Å². The molecule has 0 atom stereocenters. The monoisotopic (exact) mass is 358 g/mol. The lowest BCUT2D eigenvalue weighted by Gasteiger charge is -2.09. The van der Waals surface area contributed by atoms with Crippen molar-refractivity contribution in [3.05, 3.63) is 54.1 Å². The first-order chi connectivity index (χ1) is 12.6. The number of nitrogens with zero attached hydrogens (tertiary/aromatic N) is 2. The van der Waals surface area contributed by atoms with Crippen molar-refractivity contribution in [2.75, 3.05) is 13.2 Å². The van der Waals surface area contributed by atoms with Gasteiger partial charge in [0.15, 0.2) is 11.6 Å². The normalized spacial score (nSPS) is 11.0. The van der Waals surface area contributed by atoms with Crippen molar-refractivity contribution in [2.24, 2.45) is 5.73 Å². The highest BCUT2D eigenvalue weighted by atomic mass is 19.1. The highest BCUT2D eigenvalue weighted by Crippen LogP contribution is 2.28. The van der Waals surface area contributed by atoms with Crippen molar-refractivity contribution in [3.63, 3.8) is 0 Å². The van der Waals surface area contributed by atoms with Gasteiger partial charge in [0.05, 0.1) is 30.7 Å². The minimum atomic E-state index is -0.463. The number of aromatic nitrogens is 2. The Morgan fingerprint density at radius 2 is 2.12 bits per heavy atom. The molecule has 0 aliphatic heterocycles. The van der Waals surface area contributed by atoms with Gasteiger partial charge in [-0.05, 0) is 24.3 Å². The summed E-state index contributed by atoms with van der Waals surface area (Å²) in [5, 5.41) is 12.3.